The number of hydrogen-bond donors (Lipinski definition) is 1. The zero-order valence-electron chi connectivity index (χ0n) is 9.97. The van der Waals surface area contributed by atoms with Crippen LogP contribution in [0.25, 0.3) is 0 Å². The summed E-state index contributed by atoms with van der Waals surface area (Å²) in [6.07, 6.45) is 0.506. The van der Waals surface area contributed by atoms with Crippen molar-refractivity contribution in [1.29, 1.82) is 0 Å². The third kappa shape index (κ3) is 3.14. The van der Waals surface area contributed by atoms with Crippen LogP contribution in [-0.4, -0.2) is 46.5 Å². The Morgan fingerprint density at radius 2 is 2.12 bits per heavy atom. The molecule has 0 bridgehead atoms. The summed E-state index contributed by atoms with van der Waals surface area (Å²) < 4.78 is 0. The lowest BCUT2D eigenvalue weighted by Gasteiger charge is -2.24. The molecule has 3 atom stereocenters. The summed E-state index contributed by atoms with van der Waals surface area (Å²) in [5.74, 6) is 0.355. The number of rotatable bonds is 6. The van der Waals surface area contributed by atoms with E-state index in [0.717, 1.165) is 11.5 Å². The Balaban J connectivity index is 2.40. The van der Waals surface area contributed by atoms with E-state index in [1.54, 1.807) is 23.7 Å². The molecule has 3 unspecified atom stereocenters. The van der Waals surface area contributed by atoms with Crippen LogP contribution in [0.1, 0.15) is 20.3 Å². The molecule has 1 saturated carbocycles. The number of carboxylic acid groups (broad SMARTS) is 1. The number of hydrogen-bond acceptors (Lipinski definition) is 3. The summed E-state index contributed by atoms with van der Waals surface area (Å²) in [6, 6.07) is 0.174. The van der Waals surface area contributed by atoms with Gasteiger partial charge in [0, 0.05) is 18.8 Å². The van der Waals surface area contributed by atoms with Crippen LogP contribution in [0.3, 0.4) is 0 Å². The number of carbonyl (C=O) groups excluding carboxylic acids is 1. The van der Waals surface area contributed by atoms with Crippen molar-refractivity contribution in [2.24, 2.45) is 11.8 Å². The maximum absolute atomic E-state index is 11.9. The molecule has 0 saturated heterocycles. The van der Waals surface area contributed by atoms with E-state index < -0.39 is 11.9 Å². The normalized spacial score (nSPS) is 24.9. The molecule has 0 aromatic rings. The predicted octanol–water partition coefficient (Wildman–Crippen LogP) is 1.31. The maximum Gasteiger partial charge on any atom is 0.307 e. The Labute approximate surface area is 100 Å². The summed E-state index contributed by atoms with van der Waals surface area (Å²) >= 11 is 1.79. The first-order chi connectivity index (χ1) is 7.49. The Kier molecular flexibility index (Phi) is 4.65. The predicted molar refractivity (Wildman–Crippen MR) is 64.5 cm³/mol. The minimum absolute atomic E-state index is 0.0170. The molecule has 1 amide bonds. The van der Waals surface area contributed by atoms with E-state index in [1.165, 1.54) is 0 Å². The first-order valence-electron chi connectivity index (χ1n) is 5.56. The number of amides is 1. The highest BCUT2D eigenvalue weighted by Gasteiger charge is 2.49. The average Bonchev–Trinajstić information content (AvgIpc) is 3.03. The van der Waals surface area contributed by atoms with Crippen LogP contribution in [0.5, 0.6) is 0 Å². The van der Waals surface area contributed by atoms with Crippen LogP contribution >= 0.6 is 11.8 Å². The lowest BCUT2D eigenvalue weighted by molar-refractivity contribution is -0.142. The van der Waals surface area contributed by atoms with Crippen LogP contribution in [0, 0.1) is 11.8 Å². The molecule has 92 valence electrons. The molecule has 1 N–H and O–H groups in total. The number of carboxylic acids is 1. The van der Waals surface area contributed by atoms with Gasteiger partial charge in [-0.05, 0) is 19.1 Å². The van der Waals surface area contributed by atoms with E-state index >= 15 is 0 Å². The Hall–Kier alpha value is -0.710. The van der Waals surface area contributed by atoms with E-state index in [1.807, 2.05) is 6.92 Å². The van der Waals surface area contributed by atoms with Crippen molar-refractivity contribution < 1.29 is 14.7 Å². The fraction of sp³-hybridized carbons (Fsp3) is 0.818. The highest BCUT2D eigenvalue weighted by Crippen LogP contribution is 2.40. The van der Waals surface area contributed by atoms with Gasteiger partial charge in [-0.25, -0.2) is 0 Å². The Morgan fingerprint density at radius 3 is 2.56 bits per heavy atom. The van der Waals surface area contributed by atoms with Gasteiger partial charge in [0.25, 0.3) is 0 Å². The van der Waals surface area contributed by atoms with Crippen LogP contribution in [0.4, 0.5) is 0 Å². The lowest BCUT2D eigenvalue weighted by Crippen LogP contribution is -2.38. The van der Waals surface area contributed by atoms with Gasteiger partial charge in [0.15, 0.2) is 0 Å². The molecule has 4 nitrogen and oxygen atoms in total. The average molecular weight is 245 g/mol. The van der Waals surface area contributed by atoms with Gasteiger partial charge < -0.3 is 10.0 Å². The Bertz CT molecular complexity index is 282. The molecular formula is C11H19NO3S. The molecule has 0 aromatic heterocycles. The van der Waals surface area contributed by atoms with Crippen LogP contribution in [0.15, 0.2) is 0 Å². The summed E-state index contributed by atoms with van der Waals surface area (Å²) in [7, 11) is 1.76. The van der Waals surface area contributed by atoms with Crippen molar-refractivity contribution in [1.82, 2.24) is 4.90 Å². The van der Waals surface area contributed by atoms with Gasteiger partial charge in [0.1, 0.15) is 0 Å². The molecule has 16 heavy (non-hydrogen) atoms. The SMILES string of the molecule is CCSCC(C)N(C)C(=O)C1CC1C(=O)O. The van der Waals surface area contributed by atoms with Gasteiger partial charge in [0.2, 0.25) is 5.91 Å². The van der Waals surface area contributed by atoms with Crippen LogP contribution < -0.4 is 0 Å². The van der Waals surface area contributed by atoms with E-state index in [0.29, 0.717) is 6.42 Å². The molecule has 5 heteroatoms. The van der Waals surface area contributed by atoms with Gasteiger partial charge in [-0.15, -0.1) is 0 Å². The zero-order valence-corrected chi connectivity index (χ0v) is 10.8. The van der Waals surface area contributed by atoms with Crippen molar-refractivity contribution >= 4 is 23.6 Å². The molecule has 1 aliphatic rings. The first kappa shape index (κ1) is 13.4. The Morgan fingerprint density at radius 1 is 1.50 bits per heavy atom. The number of aliphatic carboxylic acids is 1. The summed E-state index contributed by atoms with van der Waals surface area (Å²) in [5.41, 5.74) is 0. The molecule has 0 aromatic carbocycles. The third-order valence-electron chi connectivity index (χ3n) is 3.00. The topological polar surface area (TPSA) is 57.6 Å². The van der Waals surface area contributed by atoms with Crippen molar-refractivity contribution in [3.8, 4) is 0 Å². The van der Waals surface area contributed by atoms with Gasteiger partial charge in [-0.1, -0.05) is 6.92 Å². The van der Waals surface area contributed by atoms with Crippen LogP contribution in [0.2, 0.25) is 0 Å². The van der Waals surface area contributed by atoms with Crippen molar-refractivity contribution in [3.05, 3.63) is 0 Å². The standard InChI is InChI=1S/C11H19NO3S/c1-4-16-6-7(2)12(3)10(13)8-5-9(8)11(14)15/h7-9H,4-6H2,1-3H3,(H,14,15). The quantitative estimate of drug-likeness (QED) is 0.766. The second kappa shape index (κ2) is 5.57. The molecule has 0 spiro atoms. The minimum atomic E-state index is -0.845. The second-order valence-corrected chi connectivity index (χ2v) is 5.56. The van der Waals surface area contributed by atoms with Gasteiger partial charge >= 0.3 is 5.97 Å². The second-order valence-electron chi connectivity index (χ2n) is 4.24. The molecule has 1 aliphatic carbocycles. The van der Waals surface area contributed by atoms with Gasteiger partial charge in [-0.3, -0.25) is 9.59 Å². The highest BCUT2D eigenvalue weighted by molar-refractivity contribution is 7.99. The smallest absolute Gasteiger partial charge is 0.307 e. The summed E-state index contributed by atoms with van der Waals surface area (Å²) in [4.78, 5) is 24.2. The summed E-state index contributed by atoms with van der Waals surface area (Å²) in [6.45, 7) is 4.08. The molecule has 0 aliphatic heterocycles. The highest BCUT2D eigenvalue weighted by atomic mass is 32.2. The third-order valence-corrected chi connectivity index (χ3v) is 4.12. The monoisotopic (exact) mass is 245 g/mol. The molecule has 0 radical (unpaired) electrons. The maximum atomic E-state index is 11.9. The molecule has 1 fully saturated rings. The number of thioether (sulfide) groups is 1. The fourth-order valence-corrected chi connectivity index (χ4v) is 2.42. The van der Waals surface area contributed by atoms with Gasteiger partial charge in [0.05, 0.1) is 11.8 Å². The summed E-state index contributed by atoms with van der Waals surface area (Å²) in [5, 5.41) is 8.76. The van der Waals surface area contributed by atoms with Crippen molar-refractivity contribution in [2.75, 3.05) is 18.6 Å². The first-order valence-corrected chi connectivity index (χ1v) is 6.71. The van der Waals surface area contributed by atoms with E-state index in [4.69, 9.17) is 5.11 Å². The molecule has 0 heterocycles. The van der Waals surface area contributed by atoms with Crippen LogP contribution in [-0.2, 0) is 9.59 Å². The lowest BCUT2D eigenvalue weighted by atomic mass is 10.2. The number of nitrogens with zero attached hydrogens (tertiary/aromatic N) is 1. The van der Waals surface area contributed by atoms with Crippen molar-refractivity contribution in [2.45, 2.75) is 26.3 Å². The largest absolute Gasteiger partial charge is 0.481 e. The fourth-order valence-electron chi connectivity index (χ4n) is 1.62. The van der Waals surface area contributed by atoms with Gasteiger partial charge in [-0.2, -0.15) is 11.8 Å². The molecule has 1 rings (SSSR count). The number of carbonyl (C=O) groups is 2. The minimum Gasteiger partial charge on any atom is -0.481 e. The van der Waals surface area contributed by atoms with Crippen molar-refractivity contribution in [3.63, 3.8) is 0 Å². The molecular weight excluding hydrogens is 226 g/mol. The van der Waals surface area contributed by atoms with E-state index in [2.05, 4.69) is 6.92 Å². The van der Waals surface area contributed by atoms with E-state index in [-0.39, 0.29) is 17.9 Å². The van der Waals surface area contributed by atoms with E-state index in [9.17, 15) is 9.59 Å². The zero-order chi connectivity index (χ0) is 12.3.